The lowest BCUT2D eigenvalue weighted by molar-refractivity contribution is 0.0449. The first-order valence-corrected chi connectivity index (χ1v) is 8.18. The minimum absolute atomic E-state index is 0.252. The molecule has 1 aromatic carbocycles. The van der Waals surface area contributed by atoms with Crippen LogP contribution in [0, 0.1) is 11.3 Å². The molecule has 0 saturated heterocycles. The van der Waals surface area contributed by atoms with E-state index in [4.69, 9.17) is 9.47 Å². The molecule has 4 heteroatoms. The van der Waals surface area contributed by atoms with E-state index in [0.717, 1.165) is 12.8 Å². The average molecular weight is 320 g/mol. The molecule has 0 saturated carbocycles. The minimum Gasteiger partial charge on any atom is -0.462 e. The number of hydrogen-bond acceptors (Lipinski definition) is 4. The highest BCUT2D eigenvalue weighted by Gasteiger charge is 2.19. The topological polar surface area (TPSA) is 52.6 Å². The van der Waals surface area contributed by atoms with E-state index in [0.29, 0.717) is 12.5 Å². The summed E-state index contributed by atoms with van der Waals surface area (Å²) in [5.74, 6) is -0.499. The maximum absolute atomic E-state index is 12.2. The molecular weight excluding hydrogens is 292 g/mol. The Morgan fingerprint density at radius 3 is 2.04 bits per heavy atom. The molecule has 0 aliphatic carbocycles. The highest BCUT2D eigenvalue weighted by Crippen LogP contribution is 2.26. The molecule has 1 atom stereocenters. The molecule has 128 valence electrons. The van der Waals surface area contributed by atoms with Gasteiger partial charge in [-0.25, -0.2) is 9.59 Å². The molecule has 0 amide bonds. The van der Waals surface area contributed by atoms with Gasteiger partial charge in [-0.2, -0.15) is 0 Å². The molecular formula is C19H28O4. The van der Waals surface area contributed by atoms with Crippen molar-refractivity contribution in [2.45, 2.75) is 47.5 Å². The maximum atomic E-state index is 12.2. The number of carbonyl (C=O) groups excluding carboxylic acids is 2. The second kappa shape index (κ2) is 8.70. The van der Waals surface area contributed by atoms with E-state index >= 15 is 0 Å². The summed E-state index contributed by atoms with van der Waals surface area (Å²) in [7, 11) is 0. The van der Waals surface area contributed by atoms with Crippen molar-refractivity contribution in [1.29, 1.82) is 0 Å². The van der Waals surface area contributed by atoms with Crippen molar-refractivity contribution in [3.8, 4) is 0 Å². The third-order valence-corrected chi connectivity index (χ3v) is 3.45. The highest BCUT2D eigenvalue weighted by molar-refractivity contribution is 6.03. The zero-order chi connectivity index (χ0) is 17.5. The summed E-state index contributed by atoms with van der Waals surface area (Å²) in [6.07, 6.45) is 1.88. The van der Waals surface area contributed by atoms with Crippen molar-refractivity contribution in [2.75, 3.05) is 13.2 Å². The van der Waals surface area contributed by atoms with Crippen molar-refractivity contribution in [1.82, 2.24) is 0 Å². The fourth-order valence-corrected chi connectivity index (χ4v) is 2.63. The van der Waals surface area contributed by atoms with Crippen molar-refractivity contribution in [3.63, 3.8) is 0 Å². The first kappa shape index (κ1) is 19.2. The largest absolute Gasteiger partial charge is 0.462 e. The van der Waals surface area contributed by atoms with Gasteiger partial charge >= 0.3 is 11.9 Å². The zero-order valence-electron chi connectivity index (χ0n) is 14.8. The van der Waals surface area contributed by atoms with E-state index < -0.39 is 11.9 Å². The lowest BCUT2D eigenvalue weighted by atomic mass is 9.84. The van der Waals surface area contributed by atoms with Gasteiger partial charge in [-0.15, -0.1) is 0 Å². The Kier molecular flexibility index (Phi) is 7.27. The summed E-state index contributed by atoms with van der Waals surface area (Å²) in [6.45, 7) is 11.1. The fraction of sp³-hybridized carbons (Fsp3) is 0.579. The molecule has 0 N–H and O–H groups in total. The van der Waals surface area contributed by atoms with E-state index in [1.54, 1.807) is 31.2 Å². The molecule has 0 bridgehead atoms. The molecule has 23 heavy (non-hydrogen) atoms. The van der Waals surface area contributed by atoms with Gasteiger partial charge in [0.05, 0.1) is 24.3 Å². The van der Waals surface area contributed by atoms with E-state index in [1.807, 2.05) is 0 Å². The molecule has 1 rings (SSSR count). The maximum Gasteiger partial charge on any atom is 0.339 e. The molecule has 0 radical (unpaired) electrons. The van der Waals surface area contributed by atoms with E-state index in [-0.39, 0.29) is 23.1 Å². The summed E-state index contributed by atoms with van der Waals surface area (Å²) >= 11 is 0. The Hall–Kier alpha value is -1.84. The number of esters is 2. The standard InChI is InChI=1S/C19H28O4/c1-6-22-17(20)15-9-7-8-10-16(15)18(21)23-12-11-14(2)13-19(3,4)5/h7-10,14H,6,11-13H2,1-5H3. The van der Waals surface area contributed by atoms with Crippen LogP contribution in [0.1, 0.15) is 68.2 Å². The Morgan fingerprint density at radius 1 is 1.04 bits per heavy atom. The van der Waals surface area contributed by atoms with Crippen LogP contribution in [-0.4, -0.2) is 25.2 Å². The van der Waals surface area contributed by atoms with E-state index in [9.17, 15) is 9.59 Å². The molecule has 1 unspecified atom stereocenters. The number of rotatable bonds is 7. The van der Waals surface area contributed by atoms with Crippen molar-refractivity contribution in [3.05, 3.63) is 35.4 Å². The lowest BCUT2D eigenvalue weighted by Gasteiger charge is -2.23. The third-order valence-electron chi connectivity index (χ3n) is 3.45. The molecule has 0 heterocycles. The summed E-state index contributed by atoms with van der Waals surface area (Å²) in [6, 6.07) is 6.58. The number of ether oxygens (including phenoxy) is 2. The molecule has 0 aliphatic heterocycles. The lowest BCUT2D eigenvalue weighted by Crippen LogP contribution is -2.16. The van der Waals surface area contributed by atoms with Crippen LogP contribution < -0.4 is 0 Å². The summed E-state index contributed by atoms with van der Waals surface area (Å²) in [5.41, 5.74) is 0.774. The first-order valence-electron chi connectivity index (χ1n) is 8.18. The van der Waals surface area contributed by atoms with Crippen molar-refractivity contribution >= 4 is 11.9 Å². The van der Waals surface area contributed by atoms with Crippen LogP contribution in [0.5, 0.6) is 0 Å². The fourth-order valence-electron chi connectivity index (χ4n) is 2.63. The van der Waals surface area contributed by atoms with Crippen LogP contribution in [0.4, 0.5) is 0 Å². The van der Waals surface area contributed by atoms with Crippen LogP contribution >= 0.6 is 0 Å². The second-order valence-corrected chi connectivity index (χ2v) is 7.06. The van der Waals surface area contributed by atoms with E-state index in [1.165, 1.54) is 0 Å². The molecule has 4 nitrogen and oxygen atoms in total. The Morgan fingerprint density at radius 2 is 1.57 bits per heavy atom. The molecule has 0 aliphatic rings. The molecule has 0 aromatic heterocycles. The Bertz CT molecular complexity index is 528. The molecule has 0 fully saturated rings. The number of hydrogen-bond donors (Lipinski definition) is 0. The second-order valence-electron chi connectivity index (χ2n) is 7.06. The summed E-state index contributed by atoms with van der Waals surface area (Å²) in [4.78, 5) is 24.1. The SMILES string of the molecule is CCOC(=O)c1ccccc1C(=O)OCCC(C)CC(C)(C)C. The first-order chi connectivity index (χ1) is 10.7. The van der Waals surface area contributed by atoms with Crippen molar-refractivity contribution in [2.24, 2.45) is 11.3 Å². The van der Waals surface area contributed by atoms with Gasteiger partial charge in [0.1, 0.15) is 0 Å². The van der Waals surface area contributed by atoms with Crippen LogP contribution in [-0.2, 0) is 9.47 Å². The van der Waals surface area contributed by atoms with Gasteiger partial charge in [-0.1, -0.05) is 39.8 Å². The number of benzene rings is 1. The zero-order valence-corrected chi connectivity index (χ0v) is 14.8. The van der Waals surface area contributed by atoms with Gasteiger partial charge in [-0.05, 0) is 43.2 Å². The van der Waals surface area contributed by atoms with Gasteiger partial charge in [0.2, 0.25) is 0 Å². The monoisotopic (exact) mass is 320 g/mol. The van der Waals surface area contributed by atoms with Gasteiger partial charge in [0.15, 0.2) is 0 Å². The highest BCUT2D eigenvalue weighted by atomic mass is 16.5. The smallest absolute Gasteiger partial charge is 0.339 e. The van der Waals surface area contributed by atoms with Gasteiger partial charge < -0.3 is 9.47 Å². The normalized spacial score (nSPS) is 12.6. The Balaban J connectivity index is 2.60. The quantitative estimate of drug-likeness (QED) is 0.695. The number of carbonyl (C=O) groups is 2. The Labute approximate surface area is 139 Å². The van der Waals surface area contributed by atoms with Crippen LogP contribution in [0.3, 0.4) is 0 Å². The van der Waals surface area contributed by atoms with Crippen molar-refractivity contribution < 1.29 is 19.1 Å². The minimum atomic E-state index is -0.499. The predicted octanol–water partition coefficient (Wildman–Crippen LogP) is 4.48. The van der Waals surface area contributed by atoms with Gasteiger partial charge in [-0.3, -0.25) is 0 Å². The third kappa shape index (κ3) is 6.85. The van der Waals surface area contributed by atoms with Crippen LogP contribution in [0.25, 0.3) is 0 Å². The van der Waals surface area contributed by atoms with Crippen LogP contribution in [0.15, 0.2) is 24.3 Å². The van der Waals surface area contributed by atoms with Gasteiger partial charge in [0, 0.05) is 0 Å². The predicted molar refractivity (Wildman–Crippen MR) is 90.5 cm³/mol. The molecule has 0 spiro atoms. The summed E-state index contributed by atoms with van der Waals surface area (Å²) in [5, 5.41) is 0. The van der Waals surface area contributed by atoms with E-state index in [2.05, 4.69) is 27.7 Å². The van der Waals surface area contributed by atoms with Gasteiger partial charge in [0.25, 0.3) is 0 Å². The molecule has 1 aromatic rings. The van der Waals surface area contributed by atoms with Crippen LogP contribution in [0.2, 0.25) is 0 Å². The summed E-state index contributed by atoms with van der Waals surface area (Å²) < 4.78 is 10.3. The average Bonchev–Trinajstić information content (AvgIpc) is 2.45.